The lowest BCUT2D eigenvalue weighted by Crippen LogP contribution is -2.30. The van der Waals surface area contributed by atoms with Gasteiger partial charge in [-0.05, 0) is 42.0 Å². The van der Waals surface area contributed by atoms with Crippen molar-refractivity contribution in [1.29, 1.82) is 0 Å². The molecule has 0 heterocycles. The summed E-state index contributed by atoms with van der Waals surface area (Å²) in [5, 5.41) is 11.9. The Hall–Kier alpha value is -2.54. The van der Waals surface area contributed by atoms with Gasteiger partial charge in [0.2, 0.25) is 5.91 Å². The topological polar surface area (TPSA) is 75.6 Å². The highest BCUT2D eigenvalue weighted by Crippen LogP contribution is 2.23. The lowest BCUT2D eigenvalue weighted by Gasteiger charge is -2.18. The van der Waals surface area contributed by atoms with Crippen LogP contribution in [0.15, 0.2) is 47.4 Å². The number of aryl methyl sites for hydroxylation is 1. The van der Waals surface area contributed by atoms with E-state index < -0.39 is 17.8 Å². The Morgan fingerprint density at radius 1 is 1.22 bits per heavy atom. The van der Waals surface area contributed by atoms with E-state index in [1.165, 1.54) is 13.2 Å². The van der Waals surface area contributed by atoms with Crippen molar-refractivity contribution < 1.29 is 23.8 Å². The largest absolute Gasteiger partial charge is 0.494 e. The number of nitrogens with one attached hydrogen (secondary N) is 1. The number of hydrogen-bond donors (Lipinski definition) is 2. The maximum absolute atomic E-state index is 14.2. The predicted molar refractivity (Wildman–Crippen MR) is 103 cm³/mol. The molecule has 2 aromatic rings. The van der Waals surface area contributed by atoms with Crippen molar-refractivity contribution in [2.75, 3.05) is 13.4 Å². The number of benzene rings is 2. The number of aliphatic carboxylic acids is 1. The molecule has 0 bridgehead atoms. The first kappa shape index (κ1) is 20.8. The summed E-state index contributed by atoms with van der Waals surface area (Å²) in [4.78, 5) is 24.5. The molecule has 0 aromatic heterocycles. The average Bonchev–Trinajstić information content (AvgIpc) is 2.66. The number of thioether (sulfide) groups is 1. The van der Waals surface area contributed by atoms with E-state index in [0.29, 0.717) is 5.56 Å². The molecule has 27 heavy (non-hydrogen) atoms. The Bertz CT molecular complexity index is 795. The van der Waals surface area contributed by atoms with Crippen molar-refractivity contribution in [3.63, 3.8) is 0 Å². The Labute approximate surface area is 161 Å². The first-order chi connectivity index (χ1) is 12.9. The van der Waals surface area contributed by atoms with Crippen LogP contribution in [0.2, 0.25) is 0 Å². The molecule has 5 nitrogen and oxygen atoms in total. The van der Waals surface area contributed by atoms with Crippen LogP contribution in [0.1, 0.15) is 30.0 Å². The lowest BCUT2D eigenvalue weighted by atomic mass is 10.0. The number of hydrogen-bond acceptors (Lipinski definition) is 4. The molecule has 0 radical (unpaired) electrons. The van der Waals surface area contributed by atoms with E-state index in [1.807, 2.05) is 18.4 Å². The van der Waals surface area contributed by atoms with Crippen LogP contribution in [-0.4, -0.2) is 30.3 Å². The quantitative estimate of drug-likeness (QED) is 0.636. The Kier molecular flexibility index (Phi) is 7.67. The number of rotatable bonds is 9. The van der Waals surface area contributed by atoms with Gasteiger partial charge in [0.05, 0.1) is 19.6 Å². The number of carbonyl (C=O) groups excluding carboxylic acids is 1. The maximum atomic E-state index is 14.2. The van der Waals surface area contributed by atoms with Crippen molar-refractivity contribution >= 4 is 23.6 Å². The smallest absolute Gasteiger partial charge is 0.305 e. The number of ether oxygens (including phenoxy) is 1. The fraction of sp³-hybridized carbons (Fsp3) is 0.300. The molecule has 2 aromatic carbocycles. The van der Waals surface area contributed by atoms with Crippen LogP contribution in [-0.2, 0) is 16.0 Å². The van der Waals surface area contributed by atoms with E-state index in [1.54, 1.807) is 36.0 Å². The summed E-state index contributed by atoms with van der Waals surface area (Å²) in [6, 6.07) is 11.5. The summed E-state index contributed by atoms with van der Waals surface area (Å²) in [7, 11) is 1.38. The van der Waals surface area contributed by atoms with Gasteiger partial charge in [-0.1, -0.05) is 24.3 Å². The molecule has 0 aliphatic carbocycles. The van der Waals surface area contributed by atoms with Gasteiger partial charge >= 0.3 is 5.97 Å². The van der Waals surface area contributed by atoms with E-state index in [2.05, 4.69) is 5.32 Å². The molecule has 1 atom stereocenters. The first-order valence-electron chi connectivity index (χ1n) is 8.41. The summed E-state index contributed by atoms with van der Waals surface area (Å²) in [6.07, 6.45) is 1.96. The van der Waals surface area contributed by atoms with Crippen LogP contribution in [0.5, 0.6) is 5.75 Å². The number of methoxy groups -OCH3 is 1. The zero-order chi connectivity index (χ0) is 19.8. The second kappa shape index (κ2) is 9.97. The first-order valence-corrected chi connectivity index (χ1v) is 9.63. The standard InChI is InChI=1S/C20H22FNO4S/c1-26-17-5-3-4-14(20(17)21)8-11-18(23)22-16(12-19(24)25)13-6-9-15(27-2)10-7-13/h3-7,9-10,16H,8,11-12H2,1-2H3,(H,22,23)(H,24,25). The normalized spacial score (nSPS) is 11.7. The van der Waals surface area contributed by atoms with E-state index in [4.69, 9.17) is 9.84 Å². The predicted octanol–water partition coefficient (Wildman–Crippen LogP) is 3.82. The fourth-order valence-corrected chi connectivity index (χ4v) is 3.09. The van der Waals surface area contributed by atoms with Gasteiger partial charge in [-0.3, -0.25) is 9.59 Å². The number of carboxylic acid groups (broad SMARTS) is 1. The summed E-state index contributed by atoms with van der Waals surface area (Å²) >= 11 is 1.58. The molecule has 0 aliphatic rings. The van der Waals surface area contributed by atoms with Gasteiger partial charge in [0.15, 0.2) is 11.6 Å². The highest BCUT2D eigenvalue weighted by molar-refractivity contribution is 7.98. The van der Waals surface area contributed by atoms with Crippen LogP contribution in [0.3, 0.4) is 0 Å². The van der Waals surface area contributed by atoms with Crippen molar-refractivity contribution in [3.05, 3.63) is 59.4 Å². The van der Waals surface area contributed by atoms with Crippen molar-refractivity contribution in [2.45, 2.75) is 30.2 Å². The molecule has 144 valence electrons. The van der Waals surface area contributed by atoms with Crippen molar-refractivity contribution in [3.8, 4) is 5.75 Å². The molecule has 0 aliphatic heterocycles. The van der Waals surface area contributed by atoms with Crippen LogP contribution < -0.4 is 10.1 Å². The van der Waals surface area contributed by atoms with Crippen molar-refractivity contribution in [2.24, 2.45) is 0 Å². The van der Waals surface area contributed by atoms with Crippen LogP contribution in [0, 0.1) is 5.82 Å². The van der Waals surface area contributed by atoms with Gasteiger partial charge in [-0.25, -0.2) is 4.39 Å². The van der Waals surface area contributed by atoms with Gasteiger partial charge in [0.25, 0.3) is 0 Å². The van der Waals surface area contributed by atoms with Gasteiger partial charge < -0.3 is 15.2 Å². The van der Waals surface area contributed by atoms with E-state index in [0.717, 1.165) is 10.5 Å². The molecule has 0 fully saturated rings. The maximum Gasteiger partial charge on any atom is 0.305 e. The van der Waals surface area contributed by atoms with Crippen molar-refractivity contribution in [1.82, 2.24) is 5.32 Å². The zero-order valence-corrected chi connectivity index (χ0v) is 16.0. The number of carboxylic acids is 1. The summed E-state index contributed by atoms with van der Waals surface area (Å²) < 4.78 is 19.1. The summed E-state index contributed by atoms with van der Waals surface area (Å²) in [5.41, 5.74) is 1.10. The molecule has 1 amide bonds. The highest BCUT2D eigenvalue weighted by Gasteiger charge is 2.19. The molecule has 2 N–H and O–H groups in total. The second-order valence-corrected chi connectivity index (χ2v) is 6.80. The minimum Gasteiger partial charge on any atom is -0.494 e. The molecule has 1 unspecified atom stereocenters. The summed E-state index contributed by atoms with van der Waals surface area (Å²) in [5.74, 6) is -1.70. The summed E-state index contributed by atoms with van der Waals surface area (Å²) in [6.45, 7) is 0. The molecule has 7 heteroatoms. The van der Waals surface area contributed by atoms with Gasteiger partial charge in [0.1, 0.15) is 0 Å². The number of halogens is 1. The van der Waals surface area contributed by atoms with Gasteiger partial charge in [0, 0.05) is 11.3 Å². The molecule has 0 spiro atoms. The Morgan fingerprint density at radius 3 is 2.52 bits per heavy atom. The fourth-order valence-electron chi connectivity index (χ4n) is 2.68. The molecule has 2 rings (SSSR count). The monoisotopic (exact) mass is 391 g/mol. The molecule has 0 saturated carbocycles. The molecule has 0 saturated heterocycles. The zero-order valence-electron chi connectivity index (χ0n) is 15.2. The van der Waals surface area contributed by atoms with Gasteiger partial charge in [-0.2, -0.15) is 0 Å². The van der Waals surface area contributed by atoms with Crippen LogP contribution >= 0.6 is 11.8 Å². The lowest BCUT2D eigenvalue weighted by molar-refractivity contribution is -0.137. The van der Waals surface area contributed by atoms with E-state index in [9.17, 15) is 14.0 Å². The third-order valence-corrected chi connectivity index (χ3v) is 4.86. The minimum absolute atomic E-state index is 0.0447. The SMILES string of the molecule is COc1cccc(CCC(=O)NC(CC(=O)O)c2ccc(SC)cc2)c1F. The Morgan fingerprint density at radius 2 is 1.93 bits per heavy atom. The van der Waals surface area contributed by atoms with Crippen LogP contribution in [0.4, 0.5) is 4.39 Å². The third-order valence-electron chi connectivity index (χ3n) is 4.12. The third kappa shape index (κ3) is 5.99. The highest BCUT2D eigenvalue weighted by atomic mass is 32.2. The number of carbonyl (C=O) groups is 2. The van der Waals surface area contributed by atoms with E-state index >= 15 is 0 Å². The molecular weight excluding hydrogens is 369 g/mol. The average molecular weight is 391 g/mol. The van der Waals surface area contributed by atoms with Crippen LogP contribution in [0.25, 0.3) is 0 Å². The Balaban J connectivity index is 2.04. The minimum atomic E-state index is -1.01. The van der Waals surface area contributed by atoms with Gasteiger partial charge in [-0.15, -0.1) is 11.8 Å². The number of amides is 1. The van der Waals surface area contributed by atoms with E-state index in [-0.39, 0.29) is 30.9 Å². The molecular formula is C20H22FNO4S. The second-order valence-electron chi connectivity index (χ2n) is 5.92.